The van der Waals surface area contributed by atoms with Gasteiger partial charge in [-0.2, -0.15) is 0 Å². The molecule has 1 aliphatic rings. The molecular weight excluding hydrogens is 212 g/mol. The standard InChI is InChI=1S/C10H14N2S2/c1-7-3-4-9(13-7)6-12-10-11-5-8(2)14-10/h3-4,8H,5-6H2,1-2H3,(H,11,12). The van der Waals surface area contributed by atoms with E-state index in [1.165, 1.54) is 9.75 Å². The lowest BCUT2D eigenvalue weighted by Crippen LogP contribution is -2.17. The summed E-state index contributed by atoms with van der Waals surface area (Å²) in [6.45, 7) is 6.21. The van der Waals surface area contributed by atoms with Gasteiger partial charge in [0.05, 0.1) is 13.1 Å². The second-order valence-electron chi connectivity index (χ2n) is 3.44. The Balaban J connectivity index is 1.83. The number of rotatable bonds is 2. The van der Waals surface area contributed by atoms with Gasteiger partial charge in [0.15, 0.2) is 5.17 Å². The molecule has 4 heteroatoms. The molecule has 1 aromatic rings. The Morgan fingerprint density at radius 3 is 3.00 bits per heavy atom. The molecule has 1 aromatic heterocycles. The van der Waals surface area contributed by atoms with Gasteiger partial charge in [-0.05, 0) is 19.1 Å². The van der Waals surface area contributed by atoms with E-state index >= 15 is 0 Å². The van der Waals surface area contributed by atoms with Crippen LogP contribution in [0.4, 0.5) is 0 Å². The minimum Gasteiger partial charge on any atom is -0.360 e. The maximum absolute atomic E-state index is 4.41. The normalized spacial score (nSPS) is 21.0. The first-order valence-corrected chi connectivity index (χ1v) is 6.44. The monoisotopic (exact) mass is 226 g/mol. The van der Waals surface area contributed by atoms with E-state index in [2.05, 4.69) is 36.3 Å². The van der Waals surface area contributed by atoms with Crippen molar-refractivity contribution in [2.45, 2.75) is 25.6 Å². The highest BCUT2D eigenvalue weighted by atomic mass is 32.2. The molecule has 0 saturated heterocycles. The van der Waals surface area contributed by atoms with Gasteiger partial charge in [-0.3, -0.25) is 4.99 Å². The van der Waals surface area contributed by atoms with Crippen molar-refractivity contribution in [3.8, 4) is 0 Å². The van der Waals surface area contributed by atoms with E-state index in [9.17, 15) is 0 Å². The summed E-state index contributed by atoms with van der Waals surface area (Å²) in [7, 11) is 0. The third kappa shape index (κ3) is 2.51. The van der Waals surface area contributed by atoms with Gasteiger partial charge in [0, 0.05) is 15.0 Å². The van der Waals surface area contributed by atoms with Crippen molar-refractivity contribution in [2.75, 3.05) is 6.54 Å². The van der Waals surface area contributed by atoms with Crippen LogP contribution in [-0.2, 0) is 6.54 Å². The topological polar surface area (TPSA) is 24.4 Å². The average molecular weight is 226 g/mol. The van der Waals surface area contributed by atoms with Gasteiger partial charge in [-0.15, -0.1) is 11.3 Å². The van der Waals surface area contributed by atoms with Gasteiger partial charge >= 0.3 is 0 Å². The number of aryl methyl sites for hydroxylation is 1. The minimum absolute atomic E-state index is 0.641. The number of nitrogens with one attached hydrogen (secondary N) is 1. The van der Waals surface area contributed by atoms with E-state index in [0.717, 1.165) is 18.3 Å². The minimum atomic E-state index is 0.641. The summed E-state index contributed by atoms with van der Waals surface area (Å²) in [5, 5.41) is 5.11. The highest BCUT2D eigenvalue weighted by Gasteiger charge is 2.14. The molecule has 1 N–H and O–H groups in total. The summed E-state index contributed by atoms with van der Waals surface area (Å²) in [6.07, 6.45) is 0. The van der Waals surface area contributed by atoms with E-state index in [4.69, 9.17) is 0 Å². The fourth-order valence-electron chi connectivity index (χ4n) is 1.32. The number of hydrogen-bond acceptors (Lipinski definition) is 4. The molecule has 0 spiro atoms. The van der Waals surface area contributed by atoms with Gasteiger partial charge in [0.2, 0.25) is 0 Å². The SMILES string of the molecule is Cc1ccc(CNC2=NCC(C)S2)s1. The number of hydrogen-bond donors (Lipinski definition) is 1. The second kappa shape index (κ2) is 4.36. The van der Waals surface area contributed by atoms with E-state index < -0.39 is 0 Å². The quantitative estimate of drug-likeness (QED) is 0.838. The molecule has 2 nitrogen and oxygen atoms in total. The zero-order valence-corrected chi connectivity index (χ0v) is 10.0. The summed E-state index contributed by atoms with van der Waals surface area (Å²) < 4.78 is 0. The van der Waals surface area contributed by atoms with Gasteiger partial charge < -0.3 is 5.32 Å². The lowest BCUT2D eigenvalue weighted by Gasteiger charge is -2.03. The maximum Gasteiger partial charge on any atom is 0.157 e. The first-order chi connectivity index (χ1) is 6.74. The summed E-state index contributed by atoms with van der Waals surface area (Å²) in [5.41, 5.74) is 0. The van der Waals surface area contributed by atoms with Crippen molar-refractivity contribution in [3.05, 3.63) is 21.9 Å². The third-order valence-corrected chi connectivity index (χ3v) is 4.06. The Kier molecular flexibility index (Phi) is 3.13. The summed E-state index contributed by atoms with van der Waals surface area (Å²) >= 11 is 3.68. The Morgan fingerprint density at radius 2 is 2.43 bits per heavy atom. The van der Waals surface area contributed by atoms with Gasteiger partial charge in [0.1, 0.15) is 0 Å². The van der Waals surface area contributed by atoms with Gasteiger partial charge in [-0.1, -0.05) is 18.7 Å². The molecule has 1 aliphatic heterocycles. The Morgan fingerprint density at radius 1 is 1.57 bits per heavy atom. The third-order valence-electron chi connectivity index (χ3n) is 2.01. The summed E-state index contributed by atoms with van der Waals surface area (Å²) in [6, 6.07) is 4.34. The van der Waals surface area contributed by atoms with E-state index in [0.29, 0.717) is 5.25 Å². The molecule has 1 atom stereocenters. The number of nitrogens with zero attached hydrogens (tertiary/aromatic N) is 1. The van der Waals surface area contributed by atoms with Crippen molar-refractivity contribution in [1.29, 1.82) is 0 Å². The Bertz CT molecular complexity index is 344. The van der Waals surface area contributed by atoms with Crippen LogP contribution in [0.1, 0.15) is 16.7 Å². The molecule has 76 valence electrons. The molecule has 1 unspecified atom stereocenters. The summed E-state index contributed by atoms with van der Waals surface area (Å²) in [5.74, 6) is 0. The predicted octanol–water partition coefficient (Wildman–Crippen LogP) is 2.64. The molecule has 0 saturated carbocycles. The molecule has 2 heterocycles. The Hall–Kier alpha value is -0.480. The van der Waals surface area contributed by atoms with Crippen molar-refractivity contribution in [2.24, 2.45) is 4.99 Å². The lowest BCUT2D eigenvalue weighted by molar-refractivity contribution is 0.928. The van der Waals surface area contributed by atoms with E-state index in [1.54, 1.807) is 0 Å². The number of amidine groups is 1. The molecule has 0 fully saturated rings. The van der Waals surface area contributed by atoms with Crippen molar-refractivity contribution < 1.29 is 0 Å². The van der Waals surface area contributed by atoms with Crippen LogP contribution in [0.2, 0.25) is 0 Å². The van der Waals surface area contributed by atoms with Gasteiger partial charge in [0.25, 0.3) is 0 Å². The van der Waals surface area contributed by atoms with Crippen LogP contribution < -0.4 is 5.32 Å². The number of thiophene rings is 1. The van der Waals surface area contributed by atoms with Crippen LogP contribution in [0.15, 0.2) is 17.1 Å². The predicted molar refractivity (Wildman–Crippen MR) is 65.3 cm³/mol. The molecule has 0 aliphatic carbocycles. The maximum atomic E-state index is 4.41. The summed E-state index contributed by atoms with van der Waals surface area (Å²) in [4.78, 5) is 7.16. The molecule has 0 amide bonds. The largest absolute Gasteiger partial charge is 0.360 e. The van der Waals surface area contributed by atoms with Crippen LogP contribution in [0, 0.1) is 6.92 Å². The molecule has 0 aromatic carbocycles. The molecule has 0 bridgehead atoms. The van der Waals surface area contributed by atoms with Crippen LogP contribution in [0.3, 0.4) is 0 Å². The highest BCUT2D eigenvalue weighted by Crippen LogP contribution is 2.20. The molecule has 0 radical (unpaired) electrons. The first kappa shape index (κ1) is 10.1. The Labute approximate surface area is 92.8 Å². The number of thioether (sulfide) groups is 1. The molecule has 14 heavy (non-hydrogen) atoms. The van der Waals surface area contributed by atoms with E-state index in [-0.39, 0.29) is 0 Å². The van der Waals surface area contributed by atoms with Crippen LogP contribution in [-0.4, -0.2) is 17.0 Å². The van der Waals surface area contributed by atoms with Crippen molar-refractivity contribution in [1.82, 2.24) is 5.32 Å². The highest BCUT2D eigenvalue weighted by molar-refractivity contribution is 8.14. The van der Waals surface area contributed by atoms with Crippen molar-refractivity contribution in [3.63, 3.8) is 0 Å². The molecule has 2 rings (SSSR count). The van der Waals surface area contributed by atoms with Crippen LogP contribution in [0.5, 0.6) is 0 Å². The van der Waals surface area contributed by atoms with Crippen LogP contribution >= 0.6 is 23.1 Å². The van der Waals surface area contributed by atoms with Crippen molar-refractivity contribution >= 4 is 28.3 Å². The smallest absolute Gasteiger partial charge is 0.157 e. The van der Waals surface area contributed by atoms with Crippen LogP contribution in [0.25, 0.3) is 0 Å². The fourth-order valence-corrected chi connectivity index (χ4v) is 2.98. The lowest BCUT2D eigenvalue weighted by atomic mass is 10.4. The second-order valence-corrected chi connectivity index (χ2v) is 6.24. The first-order valence-electron chi connectivity index (χ1n) is 4.74. The average Bonchev–Trinajstić information content (AvgIpc) is 2.72. The number of aliphatic imine (C=N–C) groups is 1. The fraction of sp³-hybridized carbons (Fsp3) is 0.500. The van der Waals surface area contributed by atoms with E-state index in [1.807, 2.05) is 23.1 Å². The van der Waals surface area contributed by atoms with Gasteiger partial charge in [-0.25, -0.2) is 0 Å². The zero-order valence-electron chi connectivity index (χ0n) is 8.41. The zero-order chi connectivity index (χ0) is 9.97. The molecular formula is C10H14N2S2.